The van der Waals surface area contributed by atoms with Gasteiger partial charge in [0.2, 0.25) is 5.88 Å². The third kappa shape index (κ3) is 3.57. The fourth-order valence-electron chi connectivity index (χ4n) is 2.78. The van der Waals surface area contributed by atoms with Gasteiger partial charge < -0.3 is 4.74 Å². The topological polar surface area (TPSA) is 38.2 Å². The van der Waals surface area contributed by atoms with Crippen LogP contribution in [0.3, 0.4) is 0 Å². The Morgan fingerprint density at radius 3 is 2.64 bits per heavy atom. The second kappa shape index (κ2) is 7.07. The summed E-state index contributed by atoms with van der Waals surface area (Å²) in [6.07, 6.45) is 7.50. The molecule has 0 N–H and O–H groups in total. The molecule has 0 radical (unpaired) electrons. The van der Waals surface area contributed by atoms with E-state index in [4.69, 9.17) is 16.3 Å². The highest BCUT2D eigenvalue weighted by atomic mass is 35.5. The van der Waals surface area contributed by atoms with E-state index in [1.807, 2.05) is 18.3 Å². The lowest BCUT2D eigenvalue weighted by atomic mass is 10.1. The Labute approximate surface area is 136 Å². The predicted octanol–water partition coefficient (Wildman–Crippen LogP) is 3.79. The fourth-order valence-corrected chi connectivity index (χ4v) is 2.98. The van der Waals surface area contributed by atoms with Crippen molar-refractivity contribution in [2.24, 2.45) is 0 Å². The van der Waals surface area contributed by atoms with Gasteiger partial charge in [0.05, 0.1) is 24.0 Å². The van der Waals surface area contributed by atoms with Crippen LogP contribution in [-0.4, -0.2) is 35.1 Å². The summed E-state index contributed by atoms with van der Waals surface area (Å²) in [6, 6.07) is 5.95. The second-order valence-corrected chi connectivity index (χ2v) is 6.00. The van der Waals surface area contributed by atoms with Crippen LogP contribution in [0.2, 0.25) is 5.02 Å². The highest BCUT2D eigenvalue weighted by Gasteiger charge is 2.12. The zero-order valence-electron chi connectivity index (χ0n) is 12.8. The minimum Gasteiger partial charge on any atom is -0.481 e. The zero-order chi connectivity index (χ0) is 15.4. The standard InChI is InChI=1S/C17H20ClN3O/c1-22-17-9-14(15(18)11-20-17)16-6-5-13(10-19-16)12-21-7-3-2-4-8-21/h5-6,9-11H,2-4,7-8,12H2,1H3. The van der Waals surface area contributed by atoms with Crippen LogP contribution in [0.15, 0.2) is 30.6 Å². The van der Waals surface area contributed by atoms with E-state index in [1.165, 1.54) is 37.9 Å². The van der Waals surface area contributed by atoms with Gasteiger partial charge in [-0.1, -0.05) is 24.1 Å². The van der Waals surface area contributed by atoms with E-state index in [9.17, 15) is 0 Å². The molecule has 22 heavy (non-hydrogen) atoms. The normalized spacial score (nSPS) is 15.7. The Morgan fingerprint density at radius 2 is 1.95 bits per heavy atom. The van der Waals surface area contributed by atoms with Crippen molar-refractivity contribution in [3.63, 3.8) is 0 Å². The van der Waals surface area contributed by atoms with Crippen LogP contribution in [0.25, 0.3) is 11.3 Å². The number of hydrogen-bond acceptors (Lipinski definition) is 4. The fraction of sp³-hybridized carbons (Fsp3) is 0.412. The average Bonchev–Trinajstić information content (AvgIpc) is 2.57. The lowest BCUT2D eigenvalue weighted by molar-refractivity contribution is 0.220. The van der Waals surface area contributed by atoms with Crippen molar-refractivity contribution >= 4 is 11.6 Å². The molecule has 0 atom stereocenters. The molecular weight excluding hydrogens is 298 g/mol. The maximum absolute atomic E-state index is 6.22. The number of methoxy groups -OCH3 is 1. The average molecular weight is 318 g/mol. The molecule has 0 bridgehead atoms. The molecule has 0 spiro atoms. The van der Waals surface area contributed by atoms with E-state index in [2.05, 4.69) is 20.9 Å². The first-order chi connectivity index (χ1) is 10.8. The molecule has 5 heteroatoms. The van der Waals surface area contributed by atoms with Crippen LogP contribution in [0.4, 0.5) is 0 Å². The number of piperidine rings is 1. The summed E-state index contributed by atoms with van der Waals surface area (Å²) >= 11 is 6.22. The molecule has 1 aliphatic rings. The van der Waals surface area contributed by atoms with Crippen molar-refractivity contribution in [2.45, 2.75) is 25.8 Å². The van der Waals surface area contributed by atoms with E-state index in [0.29, 0.717) is 10.9 Å². The summed E-state index contributed by atoms with van der Waals surface area (Å²) in [7, 11) is 1.59. The highest BCUT2D eigenvalue weighted by molar-refractivity contribution is 6.33. The Balaban J connectivity index is 1.76. The van der Waals surface area contributed by atoms with Crippen molar-refractivity contribution in [2.75, 3.05) is 20.2 Å². The van der Waals surface area contributed by atoms with Gasteiger partial charge in [-0.3, -0.25) is 9.88 Å². The first-order valence-corrected chi connectivity index (χ1v) is 8.01. The maximum atomic E-state index is 6.22. The Kier molecular flexibility index (Phi) is 4.90. The summed E-state index contributed by atoms with van der Waals surface area (Å²) in [4.78, 5) is 11.1. The van der Waals surface area contributed by atoms with E-state index in [-0.39, 0.29) is 0 Å². The van der Waals surface area contributed by atoms with Gasteiger partial charge in [-0.05, 0) is 37.6 Å². The van der Waals surface area contributed by atoms with E-state index < -0.39 is 0 Å². The van der Waals surface area contributed by atoms with Crippen LogP contribution < -0.4 is 4.74 Å². The number of nitrogens with zero attached hydrogens (tertiary/aromatic N) is 3. The Hall–Kier alpha value is -1.65. The molecule has 0 aromatic carbocycles. The smallest absolute Gasteiger partial charge is 0.213 e. The summed E-state index contributed by atoms with van der Waals surface area (Å²) in [5.74, 6) is 0.540. The SMILES string of the molecule is COc1cc(-c2ccc(CN3CCCCC3)cn2)c(Cl)cn1. The largest absolute Gasteiger partial charge is 0.481 e. The number of pyridine rings is 2. The lowest BCUT2D eigenvalue weighted by Crippen LogP contribution is -2.29. The van der Waals surface area contributed by atoms with Gasteiger partial charge in [-0.25, -0.2) is 4.98 Å². The molecule has 3 heterocycles. The first kappa shape index (κ1) is 15.3. The molecule has 3 rings (SSSR count). The molecule has 0 unspecified atom stereocenters. The molecule has 1 saturated heterocycles. The molecule has 0 aliphatic carbocycles. The number of halogens is 1. The molecule has 0 saturated carbocycles. The van der Waals surface area contributed by atoms with Gasteiger partial charge >= 0.3 is 0 Å². The summed E-state index contributed by atoms with van der Waals surface area (Å²) in [5.41, 5.74) is 2.92. The minimum absolute atomic E-state index is 0.540. The molecule has 4 nitrogen and oxygen atoms in total. The summed E-state index contributed by atoms with van der Waals surface area (Å²) in [6.45, 7) is 3.35. The van der Waals surface area contributed by atoms with Crippen LogP contribution in [-0.2, 0) is 6.54 Å². The van der Waals surface area contributed by atoms with Gasteiger partial charge in [0, 0.05) is 24.4 Å². The number of hydrogen-bond donors (Lipinski definition) is 0. The molecule has 2 aromatic rings. The molecule has 1 aliphatic heterocycles. The van der Waals surface area contributed by atoms with E-state index in [0.717, 1.165) is 17.8 Å². The zero-order valence-corrected chi connectivity index (χ0v) is 13.5. The van der Waals surface area contributed by atoms with Gasteiger partial charge in [0.1, 0.15) is 0 Å². The third-order valence-electron chi connectivity index (χ3n) is 3.99. The van der Waals surface area contributed by atoms with Crippen molar-refractivity contribution in [1.82, 2.24) is 14.9 Å². The second-order valence-electron chi connectivity index (χ2n) is 5.60. The van der Waals surface area contributed by atoms with Crippen LogP contribution in [0.5, 0.6) is 5.88 Å². The predicted molar refractivity (Wildman–Crippen MR) is 88.2 cm³/mol. The van der Waals surface area contributed by atoms with Crippen LogP contribution >= 0.6 is 11.6 Å². The number of aromatic nitrogens is 2. The molecular formula is C17H20ClN3O. The van der Waals surface area contributed by atoms with Gasteiger partial charge in [-0.2, -0.15) is 0 Å². The van der Waals surface area contributed by atoms with Gasteiger partial charge in [0.25, 0.3) is 0 Å². The van der Waals surface area contributed by atoms with E-state index >= 15 is 0 Å². The maximum Gasteiger partial charge on any atom is 0.213 e. The van der Waals surface area contributed by atoms with Crippen molar-refractivity contribution < 1.29 is 4.74 Å². The molecule has 2 aromatic heterocycles. The van der Waals surface area contributed by atoms with E-state index in [1.54, 1.807) is 13.3 Å². The minimum atomic E-state index is 0.540. The number of ether oxygens (including phenoxy) is 1. The molecule has 0 amide bonds. The Bertz CT molecular complexity index is 624. The van der Waals surface area contributed by atoms with Crippen LogP contribution in [0, 0.1) is 0 Å². The highest BCUT2D eigenvalue weighted by Crippen LogP contribution is 2.28. The lowest BCUT2D eigenvalue weighted by Gasteiger charge is -2.26. The van der Waals surface area contributed by atoms with Gasteiger partial charge in [-0.15, -0.1) is 0 Å². The summed E-state index contributed by atoms with van der Waals surface area (Å²) < 4.78 is 5.15. The molecule has 1 fully saturated rings. The Morgan fingerprint density at radius 1 is 1.14 bits per heavy atom. The number of likely N-dealkylation sites (tertiary alicyclic amines) is 1. The third-order valence-corrected chi connectivity index (χ3v) is 4.30. The van der Waals surface area contributed by atoms with Crippen molar-refractivity contribution in [3.8, 4) is 17.1 Å². The van der Waals surface area contributed by atoms with Crippen LogP contribution in [0.1, 0.15) is 24.8 Å². The quantitative estimate of drug-likeness (QED) is 0.860. The van der Waals surface area contributed by atoms with Crippen molar-refractivity contribution in [3.05, 3.63) is 41.2 Å². The summed E-state index contributed by atoms with van der Waals surface area (Å²) in [5, 5.41) is 0.581. The van der Waals surface area contributed by atoms with Crippen molar-refractivity contribution in [1.29, 1.82) is 0 Å². The first-order valence-electron chi connectivity index (χ1n) is 7.63. The van der Waals surface area contributed by atoms with Gasteiger partial charge in [0.15, 0.2) is 0 Å². The monoisotopic (exact) mass is 317 g/mol. The number of rotatable bonds is 4. The molecule has 116 valence electrons.